The van der Waals surface area contributed by atoms with Crippen molar-refractivity contribution in [2.75, 3.05) is 26.3 Å². The molecule has 0 bridgehead atoms. The van der Waals surface area contributed by atoms with Gasteiger partial charge in [0.2, 0.25) is 0 Å². The van der Waals surface area contributed by atoms with Crippen LogP contribution in [0.4, 0.5) is 0 Å². The summed E-state index contributed by atoms with van der Waals surface area (Å²) in [4.78, 5) is 27.2. The highest BCUT2D eigenvalue weighted by Gasteiger charge is 2.29. The lowest BCUT2D eigenvalue weighted by Crippen LogP contribution is -2.40. The zero-order valence-electron chi connectivity index (χ0n) is 14.8. The van der Waals surface area contributed by atoms with Gasteiger partial charge in [-0.25, -0.2) is 0 Å². The van der Waals surface area contributed by atoms with Gasteiger partial charge in [-0.1, -0.05) is 41.9 Å². The molecule has 0 aromatic heterocycles. The Labute approximate surface area is 162 Å². The molecule has 2 aromatic carbocycles. The van der Waals surface area contributed by atoms with Gasteiger partial charge in [0.25, 0.3) is 5.91 Å². The molecule has 0 atom stereocenters. The van der Waals surface area contributed by atoms with Crippen molar-refractivity contribution < 1.29 is 19.1 Å². The molecule has 0 aliphatic carbocycles. The van der Waals surface area contributed by atoms with Crippen LogP contribution >= 0.6 is 11.6 Å². The van der Waals surface area contributed by atoms with Crippen LogP contribution in [0, 0.1) is 5.92 Å². The summed E-state index contributed by atoms with van der Waals surface area (Å²) < 4.78 is 11.1. The second kappa shape index (κ2) is 7.61. The molecule has 2 heterocycles. The Morgan fingerprint density at radius 2 is 1.67 bits per heavy atom. The van der Waals surface area contributed by atoms with E-state index >= 15 is 0 Å². The molecular formula is C21H20ClNO4. The minimum absolute atomic E-state index is 0.0414. The van der Waals surface area contributed by atoms with Crippen LogP contribution in [0.2, 0.25) is 5.02 Å². The van der Waals surface area contributed by atoms with Crippen molar-refractivity contribution in [3.8, 4) is 11.5 Å². The molecular weight excluding hydrogens is 366 g/mol. The lowest BCUT2D eigenvalue weighted by atomic mass is 9.88. The third-order valence-electron chi connectivity index (χ3n) is 5.06. The molecule has 1 amide bonds. The van der Waals surface area contributed by atoms with Crippen molar-refractivity contribution in [1.29, 1.82) is 0 Å². The number of benzene rings is 2. The van der Waals surface area contributed by atoms with Crippen molar-refractivity contribution in [2.24, 2.45) is 5.92 Å². The number of hydrogen-bond donors (Lipinski definition) is 0. The van der Waals surface area contributed by atoms with Crippen molar-refractivity contribution in [2.45, 2.75) is 12.8 Å². The lowest BCUT2D eigenvalue weighted by molar-refractivity contribution is 0.0649. The number of ether oxygens (including phenoxy) is 2. The second-order valence-corrected chi connectivity index (χ2v) is 7.19. The molecule has 6 heteroatoms. The fraction of sp³-hybridized carbons (Fsp3) is 0.333. The standard InChI is InChI=1S/C21H20ClNO4/c22-17-12-16(13-18-20(17)27-11-10-26-18)21(25)23-8-6-15(7-9-23)19(24)14-4-2-1-3-5-14/h1-5,12-13,15H,6-11H2. The van der Waals surface area contributed by atoms with Crippen LogP contribution in [0.25, 0.3) is 0 Å². The molecule has 2 aliphatic heterocycles. The monoisotopic (exact) mass is 385 g/mol. The van der Waals surface area contributed by atoms with E-state index in [1.165, 1.54) is 0 Å². The van der Waals surface area contributed by atoms with Crippen LogP contribution < -0.4 is 9.47 Å². The van der Waals surface area contributed by atoms with E-state index in [-0.39, 0.29) is 17.6 Å². The topological polar surface area (TPSA) is 55.8 Å². The van der Waals surface area contributed by atoms with Crippen LogP contribution in [-0.2, 0) is 0 Å². The Balaban J connectivity index is 1.43. The molecule has 0 radical (unpaired) electrons. The smallest absolute Gasteiger partial charge is 0.254 e. The minimum atomic E-state index is -0.0977. The van der Waals surface area contributed by atoms with E-state index in [0.29, 0.717) is 61.2 Å². The summed E-state index contributed by atoms with van der Waals surface area (Å²) in [6.45, 7) is 1.99. The first-order chi connectivity index (χ1) is 13.1. The largest absolute Gasteiger partial charge is 0.486 e. The third-order valence-corrected chi connectivity index (χ3v) is 5.34. The van der Waals surface area contributed by atoms with E-state index in [2.05, 4.69) is 0 Å². The van der Waals surface area contributed by atoms with Crippen LogP contribution in [-0.4, -0.2) is 42.9 Å². The average Bonchev–Trinajstić information content (AvgIpc) is 2.73. The Bertz CT molecular complexity index is 860. The number of ketones is 1. The maximum absolute atomic E-state index is 12.9. The van der Waals surface area contributed by atoms with Gasteiger partial charge < -0.3 is 14.4 Å². The predicted molar refractivity (Wildman–Crippen MR) is 102 cm³/mol. The number of fused-ring (bicyclic) bond motifs is 1. The molecule has 27 heavy (non-hydrogen) atoms. The maximum atomic E-state index is 12.9. The highest BCUT2D eigenvalue weighted by Crippen LogP contribution is 2.38. The van der Waals surface area contributed by atoms with Gasteiger partial charge in [0.1, 0.15) is 13.2 Å². The van der Waals surface area contributed by atoms with Gasteiger partial charge in [0, 0.05) is 30.1 Å². The van der Waals surface area contributed by atoms with Crippen molar-refractivity contribution in [1.82, 2.24) is 4.90 Å². The molecule has 1 saturated heterocycles. The van der Waals surface area contributed by atoms with Gasteiger partial charge in [0.05, 0.1) is 5.02 Å². The number of nitrogens with zero attached hydrogens (tertiary/aromatic N) is 1. The number of likely N-dealkylation sites (tertiary alicyclic amines) is 1. The molecule has 0 saturated carbocycles. The zero-order valence-corrected chi connectivity index (χ0v) is 15.6. The Hall–Kier alpha value is -2.53. The number of amides is 1. The highest BCUT2D eigenvalue weighted by atomic mass is 35.5. The molecule has 5 nitrogen and oxygen atoms in total. The average molecular weight is 386 g/mol. The number of carbonyl (C=O) groups excluding carboxylic acids is 2. The second-order valence-electron chi connectivity index (χ2n) is 6.78. The van der Waals surface area contributed by atoms with Crippen LogP contribution in [0.5, 0.6) is 11.5 Å². The molecule has 2 aromatic rings. The van der Waals surface area contributed by atoms with Crippen molar-refractivity contribution in [3.63, 3.8) is 0 Å². The van der Waals surface area contributed by atoms with E-state index in [0.717, 1.165) is 5.56 Å². The van der Waals surface area contributed by atoms with E-state index in [1.54, 1.807) is 17.0 Å². The number of carbonyl (C=O) groups is 2. The summed E-state index contributed by atoms with van der Waals surface area (Å²) in [6.07, 6.45) is 1.33. The molecule has 140 valence electrons. The zero-order chi connectivity index (χ0) is 18.8. The summed E-state index contributed by atoms with van der Waals surface area (Å²) in [6, 6.07) is 12.6. The fourth-order valence-electron chi connectivity index (χ4n) is 3.60. The van der Waals surface area contributed by atoms with Gasteiger partial charge >= 0.3 is 0 Å². The Kier molecular flexibility index (Phi) is 5.03. The predicted octanol–water partition coefficient (Wildman–Crippen LogP) is 3.85. The van der Waals surface area contributed by atoms with Crippen LogP contribution in [0.3, 0.4) is 0 Å². The molecule has 2 aliphatic rings. The van der Waals surface area contributed by atoms with Crippen LogP contribution in [0.1, 0.15) is 33.6 Å². The molecule has 1 fully saturated rings. The first-order valence-electron chi connectivity index (χ1n) is 9.11. The summed E-state index contributed by atoms with van der Waals surface area (Å²) in [5.74, 6) is 1.02. The van der Waals surface area contributed by atoms with Crippen LogP contribution in [0.15, 0.2) is 42.5 Å². The number of Topliss-reactive ketones (excluding diaryl/α,β-unsaturated/α-hetero) is 1. The summed E-state index contributed by atoms with van der Waals surface area (Å²) in [5, 5.41) is 0.379. The van der Waals surface area contributed by atoms with Gasteiger partial charge in [0.15, 0.2) is 17.3 Å². The number of hydrogen-bond acceptors (Lipinski definition) is 4. The van der Waals surface area contributed by atoms with Crippen molar-refractivity contribution >= 4 is 23.3 Å². The van der Waals surface area contributed by atoms with Gasteiger partial charge in [-0.15, -0.1) is 0 Å². The molecule has 4 rings (SSSR count). The molecule has 0 spiro atoms. The summed E-state index contributed by atoms with van der Waals surface area (Å²) >= 11 is 6.24. The van der Waals surface area contributed by atoms with Crippen molar-refractivity contribution in [3.05, 3.63) is 58.6 Å². The van der Waals surface area contributed by atoms with Gasteiger partial charge in [-0.05, 0) is 25.0 Å². The number of piperidine rings is 1. The number of halogens is 1. The summed E-state index contributed by atoms with van der Waals surface area (Å²) in [7, 11) is 0. The van der Waals surface area contributed by atoms with Gasteiger partial charge in [-0.3, -0.25) is 9.59 Å². The first-order valence-corrected chi connectivity index (χ1v) is 9.49. The highest BCUT2D eigenvalue weighted by molar-refractivity contribution is 6.32. The van der Waals surface area contributed by atoms with E-state index in [9.17, 15) is 9.59 Å². The van der Waals surface area contributed by atoms with E-state index in [1.807, 2.05) is 30.3 Å². The lowest BCUT2D eigenvalue weighted by Gasteiger charge is -2.31. The first kappa shape index (κ1) is 17.9. The maximum Gasteiger partial charge on any atom is 0.254 e. The molecule has 0 N–H and O–H groups in total. The van der Waals surface area contributed by atoms with Gasteiger partial charge in [-0.2, -0.15) is 0 Å². The van der Waals surface area contributed by atoms with E-state index in [4.69, 9.17) is 21.1 Å². The normalized spacial score (nSPS) is 16.9. The SMILES string of the molecule is O=C(c1ccccc1)C1CCN(C(=O)c2cc(Cl)c3c(c2)OCCO3)CC1. The third kappa shape index (κ3) is 3.65. The molecule has 0 unspecified atom stereocenters. The quantitative estimate of drug-likeness (QED) is 0.753. The Morgan fingerprint density at radius 3 is 2.41 bits per heavy atom. The number of rotatable bonds is 3. The van der Waals surface area contributed by atoms with E-state index < -0.39 is 0 Å². The Morgan fingerprint density at radius 1 is 0.963 bits per heavy atom. The fourth-order valence-corrected chi connectivity index (χ4v) is 3.87. The minimum Gasteiger partial charge on any atom is -0.486 e. The summed E-state index contributed by atoms with van der Waals surface area (Å²) in [5.41, 5.74) is 1.22.